The van der Waals surface area contributed by atoms with Gasteiger partial charge in [0.05, 0.1) is 17.1 Å². The van der Waals surface area contributed by atoms with Crippen molar-refractivity contribution in [2.24, 2.45) is 4.99 Å². The van der Waals surface area contributed by atoms with E-state index in [1.54, 1.807) is 36.4 Å². The Kier molecular flexibility index (Phi) is 6.16. The predicted octanol–water partition coefficient (Wildman–Crippen LogP) is 4.13. The number of Topliss-reactive ketones (excluding diaryl/α,β-unsaturated/α-hetero) is 1. The van der Waals surface area contributed by atoms with E-state index in [9.17, 15) is 30.7 Å². The predicted molar refractivity (Wildman–Crippen MR) is 160 cm³/mol. The van der Waals surface area contributed by atoms with Gasteiger partial charge >= 0.3 is 0 Å². The van der Waals surface area contributed by atoms with E-state index in [4.69, 9.17) is 4.74 Å². The van der Waals surface area contributed by atoms with Crippen molar-refractivity contribution in [3.63, 3.8) is 0 Å². The monoisotopic (exact) mass is 624 g/mol. The van der Waals surface area contributed by atoms with Crippen molar-refractivity contribution in [1.29, 1.82) is 0 Å². The highest BCUT2D eigenvalue weighted by Crippen LogP contribution is 2.52. The topological polar surface area (TPSA) is 159 Å². The van der Waals surface area contributed by atoms with E-state index in [1.165, 1.54) is 6.92 Å². The first kappa shape index (κ1) is 29.5. The van der Waals surface area contributed by atoms with Gasteiger partial charge in [-0.1, -0.05) is 52.0 Å². The number of rotatable bonds is 4. The van der Waals surface area contributed by atoms with Gasteiger partial charge in [-0.3, -0.25) is 18.9 Å². The van der Waals surface area contributed by atoms with Crippen LogP contribution in [-0.2, 0) is 31.1 Å². The number of hydrogen-bond acceptors (Lipinski definition) is 8. The molecule has 3 aromatic rings. The standard InChI is InChI=1S/C31H32N2O8S2/c1-14(34)17-8-10-18(11-9-17)23-19-12-21-24(32-15(2)30(21,4)5)28(42(35,36)37)26(19)41-27-20(23)13-22-25(29(27)43(38,39)40)33-16(3)31(22,6)7/h8-13,15-16,32H,1-7H3,(H,35,36,37)(H,38,39,40)/t15-,16+/m0/s1. The Balaban J connectivity index is 1.88. The summed E-state index contributed by atoms with van der Waals surface area (Å²) in [4.78, 5) is 15.5. The van der Waals surface area contributed by atoms with Crippen molar-refractivity contribution in [3.8, 4) is 11.5 Å². The summed E-state index contributed by atoms with van der Waals surface area (Å²) in [6.45, 7) is 12.9. The van der Waals surface area contributed by atoms with Gasteiger partial charge in [-0.25, -0.2) is 0 Å². The summed E-state index contributed by atoms with van der Waals surface area (Å²) < 4.78 is 79.5. The maximum absolute atomic E-state index is 13.1. The lowest BCUT2D eigenvalue weighted by Gasteiger charge is -2.29. The lowest BCUT2D eigenvalue weighted by molar-refractivity contribution is 0.101. The van der Waals surface area contributed by atoms with Crippen LogP contribution in [0, 0.1) is 0 Å². The van der Waals surface area contributed by atoms with Crippen molar-refractivity contribution < 1.29 is 35.5 Å². The number of anilines is 1. The summed E-state index contributed by atoms with van der Waals surface area (Å²) in [6, 6.07) is 9.62. The molecule has 0 saturated carbocycles. The van der Waals surface area contributed by atoms with Crippen LogP contribution in [0.15, 0.2) is 51.2 Å². The molecule has 0 amide bonds. The number of hydrogen-bond donors (Lipinski definition) is 3. The lowest BCUT2D eigenvalue weighted by atomic mass is 9.78. The summed E-state index contributed by atoms with van der Waals surface area (Å²) in [5, 5.41) is 3.50. The van der Waals surface area contributed by atoms with Crippen molar-refractivity contribution in [3.05, 3.63) is 74.8 Å². The Morgan fingerprint density at radius 3 is 2.05 bits per heavy atom. The summed E-state index contributed by atoms with van der Waals surface area (Å²) >= 11 is 0. The molecule has 0 saturated heterocycles. The Hall–Kier alpha value is -3.58. The molecule has 10 nitrogen and oxygen atoms in total. The van der Waals surface area contributed by atoms with Crippen LogP contribution in [0.4, 0.5) is 5.69 Å². The molecule has 6 rings (SSSR count). The molecule has 3 aliphatic rings. The van der Waals surface area contributed by atoms with Crippen LogP contribution in [0.5, 0.6) is 11.5 Å². The molecule has 0 unspecified atom stereocenters. The minimum absolute atomic E-state index is 0.0379. The Morgan fingerprint density at radius 2 is 1.49 bits per heavy atom. The quantitative estimate of drug-likeness (QED) is 0.224. The molecule has 226 valence electrons. The van der Waals surface area contributed by atoms with Gasteiger partial charge in [0.2, 0.25) is 0 Å². The second kappa shape index (κ2) is 8.98. The van der Waals surface area contributed by atoms with Crippen molar-refractivity contribution >= 4 is 37.3 Å². The highest BCUT2D eigenvalue weighted by Gasteiger charge is 2.45. The molecule has 3 N–H and O–H groups in total. The third-order valence-electron chi connectivity index (χ3n) is 9.48. The number of fused-ring (bicyclic) bond motifs is 4. The first-order valence-corrected chi connectivity index (χ1v) is 16.7. The zero-order valence-corrected chi connectivity index (χ0v) is 26.4. The summed E-state index contributed by atoms with van der Waals surface area (Å²) in [6.07, 6.45) is 0. The van der Waals surface area contributed by atoms with E-state index in [0.29, 0.717) is 38.6 Å². The number of ether oxygens (including phenoxy) is 1. The highest BCUT2D eigenvalue weighted by molar-refractivity contribution is 7.86. The molecule has 3 aliphatic heterocycles. The van der Waals surface area contributed by atoms with E-state index >= 15 is 0 Å². The second-order valence-corrected chi connectivity index (χ2v) is 15.4. The molecule has 0 fully saturated rings. The van der Waals surface area contributed by atoms with Gasteiger partial charge in [0.1, 0.15) is 0 Å². The first-order valence-electron chi connectivity index (χ1n) is 13.8. The van der Waals surface area contributed by atoms with Crippen LogP contribution < -0.4 is 20.6 Å². The molecule has 0 aromatic heterocycles. The van der Waals surface area contributed by atoms with E-state index in [-0.39, 0.29) is 40.4 Å². The summed E-state index contributed by atoms with van der Waals surface area (Å²) in [5.74, 6) is -0.739. The molecule has 43 heavy (non-hydrogen) atoms. The normalized spacial score (nSPS) is 21.1. The third kappa shape index (κ3) is 4.18. The summed E-state index contributed by atoms with van der Waals surface area (Å²) in [5.41, 5.74) is 1.87. The number of carbonyl (C=O) groups is 1. The van der Waals surface area contributed by atoms with E-state index in [1.807, 2.05) is 41.5 Å². The Labute approximate surface area is 250 Å². The average Bonchev–Trinajstić information content (AvgIpc) is 3.24. The van der Waals surface area contributed by atoms with Gasteiger partial charge in [0.15, 0.2) is 27.1 Å². The van der Waals surface area contributed by atoms with Crippen LogP contribution in [0.3, 0.4) is 0 Å². The molecule has 3 heterocycles. The van der Waals surface area contributed by atoms with Gasteiger partial charge < -0.3 is 10.1 Å². The Morgan fingerprint density at radius 1 is 0.884 bits per heavy atom. The SMILES string of the molecule is CC(=O)c1ccc(C2=c3cc4c(c(S(=O)(=O)O)c3Oc3c2cc2c(c3S(=O)(=O)O)N[C@@H](C)C2(C)C)=N[C@H](C)C4(C)C)cc1. The first-order chi connectivity index (χ1) is 19.8. The maximum Gasteiger partial charge on any atom is 0.300 e. The molecule has 12 heteroatoms. The third-order valence-corrected chi connectivity index (χ3v) is 11.3. The highest BCUT2D eigenvalue weighted by atomic mass is 32.2. The largest absolute Gasteiger partial charge is 0.453 e. The number of ketones is 1. The lowest BCUT2D eigenvalue weighted by Crippen LogP contribution is -2.33. The van der Waals surface area contributed by atoms with E-state index in [2.05, 4.69) is 10.3 Å². The molecule has 0 spiro atoms. The molecule has 0 bridgehead atoms. The van der Waals surface area contributed by atoms with Gasteiger partial charge in [-0.2, -0.15) is 16.8 Å². The van der Waals surface area contributed by atoms with Crippen molar-refractivity contribution in [1.82, 2.24) is 0 Å². The zero-order valence-electron chi connectivity index (χ0n) is 24.7. The van der Waals surface area contributed by atoms with Gasteiger partial charge in [-0.15, -0.1) is 0 Å². The molecular weight excluding hydrogens is 592 g/mol. The van der Waals surface area contributed by atoms with Crippen molar-refractivity contribution in [2.45, 2.75) is 81.2 Å². The maximum atomic E-state index is 13.1. The fourth-order valence-electron chi connectivity index (χ4n) is 6.24. The van der Waals surface area contributed by atoms with Gasteiger partial charge in [0.25, 0.3) is 20.2 Å². The van der Waals surface area contributed by atoms with Gasteiger partial charge in [-0.05, 0) is 49.6 Å². The number of nitrogens with zero attached hydrogens (tertiary/aromatic N) is 1. The average molecular weight is 625 g/mol. The molecular formula is C31H32N2O8S2. The molecule has 3 aromatic carbocycles. The van der Waals surface area contributed by atoms with E-state index < -0.39 is 40.9 Å². The zero-order chi connectivity index (χ0) is 31.6. The molecule has 2 atom stereocenters. The number of nitrogens with one attached hydrogen (secondary N) is 1. The second-order valence-electron chi connectivity index (χ2n) is 12.7. The minimum atomic E-state index is -4.96. The minimum Gasteiger partial charge on any atom is -0.453 e. The van der Waals surface area contributed by atoms with Crippen LogP contribution in [0.2, 0.25) is 0 Å². The fourth-order valence-corrected chi connectivity index (χ4v) is 7.85. The van der Waals surface area contributed by atoms with Crippen LogP contribution in [0.1, 0.15) is 81.1 Å². The van der Waals surface area contributed by atoms with Gasteiger partial charge in [0, 0.05) is 38.8 Å². The summed E-state index contributed by atoms with van der Waals surface area (Å²) in [7, 11) is -9.90. The van der Waals surface area contributed by atoms with Crippen LogP contribution in [-0.4, -0.2) is 43.8 Å². The number of carbonyl (C=O) groups excluding carboxylic acids is 1. The molecule has 0 radical (unpaired) electrons. The van der Waals surface area contributed by atoms with E-state index in [0.717, 1.165) is 0 Å². The fraction of sp³-hybridized carbons (Fsp3) is 0.355. The van der Waals surface area contributed by atoms with Crippen LogP contribution >= 0.6 is 0 Å². The molecule has 0 aliphatic carbocycles. The smallest absolute Gasteiger partial charge is 0.300 e. The number of benzene rings is 3. The van der Waals surface area contributed by atoms with Crippen molar-refractivity contribution in [2.75, 3.05) is 5.32 Å². The van der Waals surface area contributed by atoms with Crippen LogP contribution in [0.25, 0.3) is 5.57 Å². The Bertz CT molecular complexity index is 2130.